The van der Waals surface area contributed by atoms with E-state index in [4.69, 9.17) is 0 Å². The van der Waals surface area contributed by atoms with Gasteiger partial charge in [0.05, 0.1) is 11.9 Å². The number of nitrogens with zero attached hydrogens (tertiary/aromatic N) is 1. The van der Waals surface area contributed by atoms with E-state index in [2.05, 4.69) is 15.6 Å². The number of carbonyl (C=O) groups is 1. The molecule has 2 N–H and O–H groups in total. The first kappa shape index (κ1) is 13.5. The molecule has 0 saturated heterocycles. The van der Waals surface area contributed by atoms with Crippen LogP contribution in [0.1, 0.15) is 12.8 Å². The average molecular weight is 289 g/mol. The summed E-state index contributed by atoms with van der Waals surface area (Å²) in [5.74, 6) is -1.23. The van der Waals surface area contributed by atoms with Crippen molar-refractivity contribution in [3.8, 4) is 0 Å². The third kappa shape index (κ3) is 3.34. The van der Waals surface area contributed by atoms with E-state index in [1.807, 2.05) is 0 Å². The summed E-state index contributed by atoms with van der Waals surface area (Å²) in [5, 5.41) is 5.63. The number of carbonyl (C=O) groups excluding carboxylic acids is 1. The van der Waals surface area contributed by atoms with Crippen LogP contribution in [0.2, 0.25) is 0 Å². The molecule has 108 valence electrons. The van der Waals surface area contributed by atoms with E-state index in [0.29, 0.717) is 17.2 Å². The summed E-state index contributed by atoms with van der Waals surface area (Å²) in [5.41, 5.74) is 1.04. The van der Waals surface area contributed by atoms with Crippen LogP contribution in [0.3, 0.4) is 0 Å². The van der Waals surface area contributed by atoms with Crippen LogP contribution >= 0.6 is 0 Å². The Morgan fingerprint density at radius 3 is 2.48 bits per heavy atom. The van der Waals surface area contributed by atoms with Crippen LogP contribution in [0, 0.1) is 17.6 Å². The fourth-order valence-corrected chi connectivity index (χ4v) is 1.86. The molecule has 1 fully saturated rings. The topological polar surface area (TPSA) is 54.0 Å². The van der Waals surface area contributed by atoms with Crippen molar-refractivity contribution in [2.24, 2.45) is 5.92 Å². The van der Waals surface area contributed by atoms with Crippen molar-refractivity contribution in [1.29, 1.82) is 0 Å². The third-order valence-corrected chi connectivity index (χ3v) is 3.17. The second-order valence-electron chi connectivity index (χ2n) is 4.95. The van der Waals surface area contributed by atoms with Crippen molar-refractivity contribution in [1.82, 2.24) is 4.98 Å². The predicted molar refractivity (Wildman–Crippen MR) is 75.2 cm³/mol. The number of pyridine rings is 1. The minimum Gasteiger partial charge on any atom is -0.354 e. The number of nitrogens with one attached hydrogen (secondary N) is 2. The second-order valence-corrected chi connectivity index (χ2v) is 4.95. The molecule has 21 heavy (non-hydrogen) atoms. The number of rotatable bonds is 4. The molecule has 2 aromatic rings. The molecule has 0 radical (unpaired) electrons. The highest BCUT2D eigenvalue weighted by atomic mass is 19.2. The molecule has 1 aromatic carbocycles. The largest absolute Gasteiger partial charge is 0.354 e. The van der Waals surface area contributed by atoms with Crippen molar-refractivity contribution < 1.29 is 13.6 Å². The van der Waals surface area contributed by atoms with Gasteiger partial charge in [-0.2, -0.15) is 0 Å². The molecule has 0 unspecified atom stereocenters. The Morgan fingerprint density at radius 2 is 1.86 bits per heavy atom. The molecule has 0 atom stereocenters. The maximum atomic E-state index is 13.1. The molecule has 0 aliphatic heterocycles. The first-order valence-electron chi connectivity index (χ1n) is 6.61. The summed E-state index contributed by atoms with van der Waals surface area (Å²) in [6.07, 6.45) is 3.38. The smallest absolute Gasteiger partial charge is 0.228 e. The molecule has 0 bridgehead atoms. The molecule has 3 rings (SSSR count). The Kier molecular flexibility index (Phi) is 3.51. The van der Waals surface area contributed by atoms with Crippen LogP contribution in [0.5, 0.6) is 0 Å². The number of halogens is 2. The number of benzene rings is 1. The summed E-state index contributed by atoms with van der Waals surface area (Å²) < 4.78 is 25.9. The minimum atomic E-state index is -0.915. The van der Waals surface area contributed by atoms with Crippen LogP contribution in [0.25, 0.3) is 0 Å². The van der Waals surface area contributed by atoms with E-state index in [1.165, 1.54) is 12.3 Å². The quantitative estimate of drug-likeness (QED) is 0.906. The molecule has 1 aromatic heterocycles. The molecular formula is C15H13F2N3O. The van der Waals surface area contributed by atoms with Gasteiger partial charge in [0.25, 0.3) is 0 Å². The number of amides is 1. The Bertz CT molecular complexity index is 669. The molecule has 0 spiro atoms. The van der Waals surface area contributed by atoms with E-state index >= 15 is 0 Å². The van der Waals surface area contributed by atoms with E-state index in [0.717, 1.165) is 25.0 Å². The van der Waals surface area contributed by atoms with Gasteiger partial charge in [0.15, 0.2) is 11.6 Å². The molecule has 4 nitrogen and oxygen atoms in total. The molecule has 6 heteroatoms. The number of hydrogen-bond acceptors (Lipinski definition) is 3. The van der Waals surface area contributed by atoms with Crippen molar-refractivity contribution in [3.05, 3.63) is 48.2 Å². The highest BCUT2D eigenvalue weighted by Gasteiger charge is 2.29. The van der Waals surface area contributed by atoms with E-state index in [9.17, 15) is 13.6 Å². The van der Waals surface area contributed by atoms with Gasteiger partial charge in [0, 0.05) is 17.7 Å². The summed E-state index contributed by atoms with van der Waals surface area (Å²) in [7, 11) is 0. The Hall–Kier alpha value is -2.50. The highest BCUT2D eigenvalue weighted by Crippen LogP contribution is 2.30. The van der Waals surface area contributed by atoms with E-state index < -0.39 is 11.6 Å². The van der Waals surface area contributed by atoms with Crippen LogP contribution in [0.4, 0.5) is 26.0 Å². The Morgan fingerprint density at radius 1 is 1.10 bits per heavy atom. The van der Waals surface area contributed by atoms with Crippen LogP contribution in [0.15, 0.2) is 36.5 Å². The fraction of sp³-hybridized carbons (Fsp3) is 0.200. The summed E-state index contributed by atoms with van der Waals surface area (Å²) in [4.78, 5) is 15.7. The van der Waals surface area contributed by atoms with Gasteiger partial charge in [-0.15, -0.1) is 0 Å². The predicted octanol–water partition coefficient (Wildman–Crippen LogP) is 3.45. The zero-order chi connectivity index (χ0) is 14.8. The van der Waals surface area contributed by atoms with Gasteiger partial charge in [0.2, 0.25) is 5.91 Å². The lowest BCUT2D eigenvalue weighted by Gasteiger charge is -2.08. The van der Waals surface area contributed by atoms with Crippen LogP contribution < -0.4 is 10.6 Å². The normalized spacial score (nSPS) is 13.8. The van der Waals surface area contributed by atoms with E-state index in [1.54, 1.807) is 12.1 Å². The first-order valence-corrected chi connectivity index (χ1v) is 6.61. The van der Waals surface area contributed by atoms with Crippen molar-refractivity contribution >= 4 is 23.1 Å². The van der Waals surface area contributed by atoms with Gasteiger partial charge in [-0.3, -0.25) is 4.79 Å². The fourth-order valence-electron chi connectivity index (χ4n) is 1.86. The molecule has 1 aliphatic carbocycles. The van der Waals surface area contributed by atoms with Gasteiger partial charge in [-0.1, -0.05) is 0 Å². The van der Waals surface area contributed by atoms with Crippen LogP contribution in [-0.2, 0) is 4.79 Å². The minimum absolute atomic E-state index is 0.0104. The molecule has 1 amide bonds. The lowest BCUT2D eigenvalue weighted by molar-refractivity contribution is -0.117. The van der Waals surface area contributed by atoms with Gasteiger partial charge in [-0.05, 0) is 37.1 Å². The maximum Gasteiger partial charge on any atom is 0.228 e. The molecular weight excluding hydrogens is 276 g/mol. The molecule has 1 saturated carbocycles. The van der Waals surface area contributed by atoms with Gasteiger partial charge >= 0.3 is 0 Å². The van der Waals surface area contributed by atoms with Crippen molar-refractivity contribution in [2.45, 2.75) is 12.8 Å². The summed E-state index contributed by atoms with van der Waals surface area (Å²) in [6, 6.07) is 6.91. The molecule has 1 aliphatic rings. The maximum absolute atomic E-state index is 13.1. The number of hydrogen-bond donors (Lipinski definition) is 2. The third-order valence-electron chi connectivity index (χ3n) is 3.17. The number of anilines is 3. The van der Waals surface area contributed by atoms with Crippen LogP contribution in [-0.4, -0.2) is 10.9 Å². The first-order chi connectivity index (χ1) is 10.1. The highest BCUT2D eigenvalue weighted by molar-refractivity contribution is 5.93. The summed E-state index contributed by atoms with van der Waals surface area (Å²) >= 11 is 0. The average Bonchev–Trinajstić information content (AvgIpc) is 3.30. The summed E-state index contributed by atoms with van der Waals surface area (Å²) in [6.45, 7) is 0. The zero-order valence-electron chi connectivity index (χ0n) is 11.1. The Labute approximate surface area is 120 Å². The van der Waals surface area contributed by atoms with Gasteiger partial charge < -0.3 is 10.6 Å². The second kappa shape index (κ2) is 5.47. The lowest BCUT2D eigenvalue weighted by atomic mass is 10.3. The van der Waals surface area contributed by atoms with Gasteiger partial charge in [-0.25, -0.2) is 13.8 Å². The van der Waals surface area contributed by atoms with Crippen molar-refractivity contribution in [3.63, 3.8) is 0 Å². The standard InChI is InChI=1S/C15H13F2N3O/c16-12-5-3-10(7-13(12)17)19-11-4-6-14(18-8-11)20-15(21)9-1-2-9/h3-9,19H,1-2H2,(H,18,20,21). The Balaban J connectivity index is 1.65. The number of aromatic nitrogens is 1. The lowest BCUT2D eigenvalue weighted by Crippen LogP contribution is -2.14. The van der Waals surface area contributed by atoms with Gasteiger partial charge in [0.1, 0.15) is 5.82 Å². The van der Waals surface area contributed by atoms with E-state index in [-0.39, 0.29) is 11.8 Å². The zero-order valence-corrected chi connectivity index (χ0v) is 11.1. The monoisotopic (exact) mass is 289 g/mol. The van der Waals surface area contributed by atoms with Crippen molar-refractivity contribution in [2.75, 3.05) is 10.6 Å². The SMILES string of the molecule is O=C(Nc1ccc(Nc2ccc(F)c(F)c2)cn1)C1CC1. The molecule has 1 heterocycles.